The van der Waals surface area contributed by atoms with Crippen molar-refractivity contribution in [1.82, 2.24) is 4.90 Å². The lowest BCUT2D eigenvalue weighted by Crippen LogP contribution is -2.19. The summed E-state index contributed by atoms with van der Waals surface area (Å²) in [6.07, 6.45) is 0.0556. The molecule has 0 unspecified atom stereocenters. The molecule has 0 spiro atoms. The lowest BCUT2D eigenvalue weighted by molar-refractivity contribution is -0.147. The molecule has 0 radical (unpaired) electrons. The van der Waals surface area contributed by atoms with Crippen LogP contribution in [0.15, 0.2) is 0 Å². The molecule has 0 fully saturated rings. The molecule has 6 heteroatoms. The van der Waals surface area contributed by atoms with Crippen molar-refractivity contribution < 1.29 is 24.6 Å². The molecule has 2 N–H and O–H groups in total. The second-order valence-electron chi connectivity index (χ2n) is 2.29. The van der Waals surface area contributed by atoms with Crippen molar-refractivity contribution in [2.45, 2.75) is 20.3 Å². The fraction of sp³-hybridized carbons (Fsp3) is 0.625. The fourth-order valence-corrected chi connectivity index (χ4v) is 0.502. The zero-order valence-electron chi connectivity index (χ0n) is 8.27. The van der Waals surface area contributed by atoms with Gasteiger partial charge in [0.2, 0.25) is 6.41 Å². The van der Waals surface area contributed by atoms with Gasteiger partial charge >= 0.3 is 11.9 Å². The third-order valence-corrected chi connectivity index (χ3v) is 1.26. The van der Waals surface area contributed by atoms with E-state index in [1.54, 1.807) is 4.90 Å². The van der Waals surface area contributed by atoms with Crippen molar-refractivity contribution in [1.29, 1.82) is 0 Å². The summed E-state index contributed by atoms with van der Waals surface area (Å²) in [5.74, 6) is -2.62. The van der Waals surface area contributed by atoms with Gasteiger partial charge in [-0.3, -0.25) is 14.4 Å². The van der Waals surface area contributed by atoms with Gasteiger partial charge in [-0.2, -0.15) is 0 Å². The van der Waals surface area contributed by atoms with E-state index >= 15 is 0 Å². The number of rotatable bonds is 5. The van der Waals surface area contributed by atoms with E-state index in [0.717, 1.165) is 19.5 Å². The fourth-order valence-electron chi connectivity index (χ4n) is 0.502. The first-order valence-electron chi connectivity index (χ1n) is 4.10. The van der Waals surface area contributed by atoms with Gasteiger partial charge in [0.25, 0.3) is 0 Å². The Kier molecular flexibility index (Phi) is 10.1. The van der Waals surface area contributed by atoms with Gasteiger partial charge < -0.3 is 15.1 Å². The molecular weight excluding hydrogens is 190 g/mol. The topological polar surface area (TPSA) is 94.9 Å². The molecule has 0 aromatic rings. The van der Waals surface area contributed by atoms with E-state index in [1.165, 1.54) is 0 Å². The van der Waals surface area contributed by atoms with Crippen LogP contribution in [0.1, 0.15) is 20.3 Å². The van der Waals surface area contributed by atoms with Crippen LogP contribution in [0.4, 0.5) is 0 Å². The average molecular weight is 205 g/mol. The SMILES string of the molecule is CCN(C=O)CC.O=C(O)CC(=O)O. The molecule has 0 aromatic heterocycles. The Morgan fingerprint density at radius 1 is 1.14 bits per heavy atom. The quantitative estimate of drug-likeness (QED) is 0.487. The smallest absolute Gasteiger partial charge is 0.314 e. The molecule has 0 aliphatic heterocycles. The average Bonchev–Trinajstić information content (AvgIpc) is 2.06. The molecule has 0 rings (SSSR count). The molecule has 0 atom stereocenters. The predicted molar refractivity (Wildman–Crippen MR) is 48.9 cm³/mol. The number of carbonyl (C=O) groups excluding carboxylic acids is 1. The Bertz CT molecular complexity index is 176. The molecule has 14 heavy (non-hydrogen) atoms. The van der Waals surface area contributed by atoms with Crippen LogP contribution in [0.3, 0.4) is 0 Å². The van der Waals surface area contributed by atoms with Crippen LogP contribution in [0.2, 0.25) is 0 Å². The zero-order valence-corrected chi connectivity index (χ0v) is 8.27. The lowest BCUT2D eigenvalue weighted by Gasteiger charge is -2.08. The summed E-state index contributed by atoms with van der Waals surface area (Å²) in [5, 5.41) is 15.4. The monoisotopic (exact) mass is 205 g/mol. The number of nitrogens with zero attached hydrogens (tertiary/aromatic N) is 1. The van der Waals surface area contributed by atoms with E-state index in [2.05, 4.69) is 0 Å². The van der Waals surface area contributed by atoms with Gasteiger partial charge in [0, 0.05) is 13.1 Å². The number of amides is 1. The zero-order chi connectivity index (χ0) is 11.6. The van der Waals surface area contributed by atoms with Crippen molar-refractivity contribution in [3.63, 3.8) is 0 Å². The van der Waals surface area contributed by atoms with E-state index in [0.29, 0.717) is 0 Å². The number of aliphatic carboxylic acids is 2. The van der Waals surface area contributed by atoms with Crippen LogP contribution in [0.5, 0.6) is 0 Å². The van der Waals surface area contributed by atoms with Gasteiger partial charge in [-0.1, -0.05) is 0 Å². The molecule has 0 saturated carbocycles. The highest BCUT2D eigenvalue weighted by atomic mass is 16.4. The van der Waals surface area contributed by atoms with Gasteiger partial charge in [-0.25, -0.2) is 0 Å². The van der Waals surface area contributed by atoms with Crippen LogP contribution in [0.25, 0.3) is 0 Å². The number of carboxylic acid groups (broad SMARTS) is 2. The third-order valence-electron chi connectivity index (χ3n) is 1.26. The number of carboxylic acids is 2. The second-order valence-corrected chi connectivity index (χ2v) is 2.29. The van der Waals surface area contributed by atoms with E-state index in [9.17, 15) is 14.4 Å². The highest BCUT2D eigenvalue weighted by Crippen LogP contribution is 1.76. The minimum absolute atomic E-state index is 0.806. The highest BCUT2D eigenvalue weighted by molar-refractivity contribution is 5.88. The number of hydrogen-bond acceptors (Lipinski definition) is 3. The van der Waals surface area contributed by atoms with E-state index in [1.807, 2.05) is 13.8 Å². The summed E-state index contributed by atoms with van der Waals surface area (Å²) in [6, 6.07) is 0. The molecule has 0 aliphatic carbocycles. The summed E-state index contributed by atoms with van der Waals surface area (Å²) in [4.78, 5) is 30.4. The molecule has 0 aromatic carbocycles. The van der Waals surface area contributed by atoms with Crippen LogP contribution < -0.4 is 0 Å². The molecule has 6 nitrogen and oxygen atoms in total. The van der Waals surface area contributed by atoms with E-state index in [-0.39, 0.29) is 0 Å². The first kappa shape index (κ1) is 14.9. The Hall–Kier alpha value is -1.59. The summed E-state index contributed by atoms with van der Waals surface area (Å²) in [5.41, 5.74) is 0. The van der Waals surface area contributed by atoms with Crippen LogP contribution >= 0.6 is 0 Å². The number of carbonyl (C=O) groups is 3. The molecular formula is C8H15NO5. The van der Waals surface area contributed by atoms with Crippen molar-refractivity contribution in [3.8, 4) is 0 Å². The Balaban J connectivity index is 0. The van der Waals surface area contributed by atoms with Crippen LogP contribution in [-0.2, 0) is 14.4 Å². The minimum Gasteiger partial charge on any atom is -0.481 e. The third kappa shape index (κ3) is 13.0. The van der Waals surface area contributed by atoms with Crippen LogP contribution in [0, 0.1) is 0 Å². The second kappa shape index (κ2) is 9.50. The van der Waals surface area contributed by atoms with Gasteiger partial charge in [0.15, 0.2) is 0 Å². The Morgan fingerprint density at radius 2 is 1.50 bits per heavy atom. The van der Waals surface area contributed by atoms with Gasteiger partial charge in [0.1, 0.15) is 6.42 Å². The van der Waals surface area contributed by atoms with E-state index < -0.39 is 18.4 Å². The van der Waals surface area contributed by atoms with Crippen LogP contribution in [-0.4, -0.2) is 46.6 Å². The van der Waals surface area contributed by atoms with Crippen molar-refractivity contribution >= 4 is 18.3 Å². The normalized spacial score (nSPS) is 8.14. The summed E-state index contributed by atoms with van der Waals surface area (Å²) in [6.45, 7) is 5.55. The van der Waals surface area contributed by atoms with Gasteiger partial charge in [-0.05, 0) is 13.8 Å². The van der Waals surface area contributed by atoms with Crippen molar-refractivity contribution in [2.24, 2.45) is 0 Å². The van der Waals surface area contributed by atoms with Crippen molar-refractivity contribution in [2.75, 3.05) is 13.1 Å². The molecule has 0 heterocycles. The standard InChI is InChI=1S/C5H11NO.C3H4O4/c1-3-6(4-2)5-7;4-2(5)1-3(6)7/h5H,3-4H2,1-2H3;1H2,(H,4,5)(H,6,7). The van der Waals surface area contributed by atoms with Gasteiger partial charge in [-0.15, -0.1) is 0 Å². The van der Waals surface area contributed by atoms with Crippen molar-refractivity contribution in [3.05, 3.63) is 0 Å². The lowest BCUT2D eigenvalue weighted by atomic mass is 10.5. The maximum Gasteiger partial charge on any atom is 0.314 e. The first-order chi connectivity index (χ1) is 6.47. The predicted octanol–water partition coefficient (Wildman–Crippen LogP) is 0.0303. The maximum absolute atomic E-state index is 9.89. The Labute approximate surface area is 82.1 Å². The summed E-state index contributed by atoms with van der Waals surface area (Å²) in [7, 11) is 0. The van der Waals surface area contributed by atoms with E-state index in [4.69, 9.17) is 10.2 Å². The summed E-state index contributed by atoms with van der Waals surface area (Å²) >= 11 is 0. The first-order valence-corrected chi connectivity index (χ1v) is 4.10. The van der Waals surface area contributed by atoms with Gasteiger partial charge in [0.05, 0.1) is 0 Å². The molecule has 0 saturated heterocycles. The highest BCUT2D eigenvalue weighted by Gasteiger charge is 2.01. The molecule has 1 amide bonds. The molecule has 82 valence electrons. The Morgan fingerprint density at radius 3 is 1.50 bits per heavy atom. The summed E-state index contributed by atoms with van der Waals surface area (Å²) < 4.78 is 0. The largest absolute Gasteiger partial charge is 0.481 e. The maximum atomic E-state index is 9.89. The molecule has 0 bridgehead atoms. The number of hydrogen-bond donors (Lipinski definition) is 2. The minimum atomic E-state index is -1.31. The molecule has 0 aliphatic rings.